The molecule has 0 spiro atoms. The molecule has 4 rings (SSSR count). The van der Waals surface area contributed by atoms with Crippen molar-refractivity contribution in [1.82, 2.24) is 5.32 Å². The number of halogens is 1. The minimum Gasteiger partial charge on any atom is -0.356 e. The second-order valence-corrected chi connectivity index (χ2v) is 11.8. The van der Waals surface area contributed by atoms with Crippen LogP contribution < -0.4 is 20.3 Å². The van der Waals surface area contributed by atoms with Gasteiger partial charge in [0, 0.05) is 23.7 Å². The molecule has 0 bridgehead atoms. The first kappa shape index (κ1) is 29.1. The smallest absolute Gasteiger partial charge is 0.265 e. The average Bonchev–Trinajstić information content (AvgIpc) is 2.91. The van der Waals surface area contributed by atoms with Crippen molar-refractivity contribution in [2.75, 3.05) is 21.5 Å². The van der Waals surface area contributed by atoms with E-state index in [1.165, 1.54) is 6.07 Å². The third-order valence-electron chi connectivity index (χ3n) is 6.65. The van der Waals surface area contributed by atoms with Crippen molar-refractivity contribution in [2.24, 2.45) is 0 Å². The molecule has 40 heavy (non-hydrogen) atoms. The van der Waals surface area contributed by atoms with E-state index in [9.17, 15) is 22.8 Å². The summed E-state index contributed by atoms with van der Waals surface area (Å²) in [5.41, 5.74) is 3.27. The zero-order valence-corrected chi connectivity index (χ0v) is 24.0. The average molecular weight is 583 g/mol. The Morgan fingerprint density at radius 2 is 1.70 bits per heavy atom. The Morgan fingerprint density at radius 3 is 2.40 bits per heavy atom. The number of carbonyl (C=O) groups excluding carboxylic acids is 3. The van der Waals surface area contributed by atoms with Crippen LogP contribution in [-0.2, 0) is 30.8 Å². The first-order valence-electron chi connectivity index (χ1n) is 12.9. The Balaban J connectivity index is 1.52. The highest BCUT2D eigenvalue weighted by Gasteiger charge is 2.42. The standard InChI is InChI=1S/C29H31ClN4O5S/c1-4-27(35)32-21-11-9-20(10-12-21)13-14-31-28(36)17-25-29(37)33-23-7-5-6-8-24(23)34(25)40(38,39)26-16-18(2)22(30)15-19(26)3/h5-12,15-16,25H,4,13-14,17H2,1-3H3,(H,31,36)(H,32,35)(H,33,37)/t25-/m1/s1. The molecule has 0 radical (unpaired) electrons. The molecular weight excluding hydrogens is 552 g/mol. The Labute approximate surface area is 239 Å². The summed E-state index contributed by atoms with van der Waals surface area (Å²) in [6.45, 7) is 5.40. The van der Waals surface area contributed by atoms with Gasteiger partial charge in [-0.2, -0.15) is 0 Å². The number of amides is 3. The van der Waals surface area contributed by atoms with Crippen LogP contribution >= 0.6 is 11.6 Å². The SMILES string of the molecule is CCC(=O)Nc1ccc(CCNC(=O)C[C@@H]2C(=O)Nc3ccccc3N2S(=O)(=O)c2cc(C)c(Cl)cc2C)cc1. The van der Waals surface area contributed by atoms with E-state index in [4.69, 9.17) is 11.6 Å². The van der Waals surface area contributed by atoms with Gasteiger partial charge in [0.1, 0.15) is 6.04 Å². The van der Waals surface area contributed by atoms with Crippen LogP contribution in [0.15, 0.2) is 65.6 Å². The second-order valence-electron chi connectivity index (χ2n) is 9.59. The Bertz CT molecular complexity index is 1560. The highest BCUT2D eigenvalue weighted by atomic mass is 35.5. The molecule has 3 amide bonds. The van der Waals surface area contributed by atoms with Gasteiger partial charge in [-0.15, -0.1) is 0 Å². The minimum absolute atomic E-state index is 0.0166. The zero-order chi connectivity index (χ0) is 29.0. The maximum absolute atomic E-state index is 14.0. The monoisotopic (exact) mass is 582 g/mol. The molecular formula is C29H31ClN4O5S. The minimum atomic E-state index is -4.25. The van der Waals surface area contributed by atoms with Gasteiger partial charge in [0.15, 0.2) is 0 Å². The van der Waals surface area contributed by atoms with Crippen molar-refractivity contribution >= 4 is 56.4 Å². The number of para-hydroxylation sites is 2. The molecule has 0 saturated carbocycles. The van der Waals surface area contributed by atoms with Crippen LogP contribution in [-0.4, -0.2) is 38.7 Å². The molecule has 1 atom stereocenters. The molecule has 1 aliphatic heterocycles. The van der Waals surface area contributed by atoms with Crippen LogP contribution in [0.5, 0.6) is 0 Å². The number of aryl methyl sites for hydroxylation is 2. The van der Waals surface area contributed by atoms with Crippen LogP contribution in [0.2, 0.25) is 5.02 Å². The van der Waals surface area contributed by atoms with E-state index in [1.54, 1.807) is 63.2 Å². The molecule has 3 aromatic carbocycles. The zero-order valence-electron chi connectivity index (χ0n) is 22.5. The van der Waals surface area contributed by atoms with Crippen molar-refractivity contribution in [2.45, 2.75) is 51.0 Å². The Hall–Kier alpha value is -3.89. The van der Waals surface area contributed by atoms with Gasteiger partial charge in [-0.05, 0) is 73.4 Å². The summed E-state index contributed by atoms with van der Waals surface area (Å²) in [5.74, 6) is -1.13. The molecule has 0 aliphatic carbocycles. The summed E-state index contributed by atoms with van der Waals surface area (Å²) in [6.07, 6.45) is 0.530. The first-order valence-corrected chi connectivity index (χ1v) is 14.7. The van der Waals surface area contributed by atoms with Crippen LogP contribution in [0.3, 0.4) is 0 Å². The van der Waals surface area contributed by atoms with E-state index in [2.05, 4.69) is 16.0 Å². The molecule has 11 heteroatoms. The number of hydrogen-bond donors (Lipinski definition) is 3. The lowest BCUT2D eigenvalue weighted by Gasteiger charge is -2.37. The predicted octanol–water partition coefficient (Wildman–Crippen LogP) is 4.57. The molecule has 210 valence electrons. The van der Waals surface area contributed by atoms with E-state index in [1.807, 2.05) is 12.1 Å². The lowest BCUT2D eigenvalue weighted by Crippen LogP contribution is -2.53. The van der Waals surface area contributed by atoms with Crippen LogP contribution in [0.25, 0.3) is 0 Å². The number of fused-ring (bicyclic) bond motifs is 1. The third kappa shape index (κ3) is 6.29. The topological polar surface area (TPSA) is 125 Å². The fourth-order valence-corrected chi connectivity index (χ4v) is 6.62. The third-order valence-corrected chi connectivity index (χ3v) is 9.02. The summed E-state index contributed by atoms with van der Waals surface area (Å²) < 4.78 is 29.1. The summed E-state index contributed by atoms with van der Waals surface area (Å²) in [6, 6.07) is 15.6. The maximum atomic E-state index is 14.0. The molecule has 0 unspecified atom stereocenters. The predicted molar refractivity (Wildman–Crippen MR) is 156 cm³/mol. The molecule has 1 heterocycles. The number of rotatable bonds is 9. The first-order chi connectivity index (χ1) is 19.0. The number of hydrogen-bond acceptors (Lipinski definition) is 5. The summed E-state index contributed by atoms with van der Waals surface area (Å²) in [4.78, 5) is 37.7. The van der Waals surface area contributed by atoms with Gasteiger partial charge in [0.2, 0.25) is 17.7 Å². The maximum Gasteiger partial charge on any atom is 0.265 e. The number of benzene rings is 3. The molecule has 9 nitrogen and oxygen atoms in total. The van der Waals surface area contributed by atoms with Crippen molar-refractivity contribution in [3.63, 3.8) is 0 Å². The lowest BCUT2D eigenvalue weighted by atomic mass is 10.1. The molecule has 0 aromatic heterocycles. The lowest BCUT2D eigenvalue weighted by molar-refractivity contribution is -0.125. The van der Waals surface area contributed by atoms with Crippen molar-refractivity contribution in [1.29, 1.82) is 0 Å². The van der Waals surface area contributed by atoms with Crippen LogP contribution in [0, 0.1) is 13.8 Å². The number of sulfonamides is 1. The normalized spacial score (nSPS) is 14.8. The summed E-state index contributed by atoms with van der Waals surface area (Å²) in [7, 11) is -4.25. The van der Waals surface area contributed by atoms with E-state index in [0.29, 0.717) is 40.4 Å². The Morgan fingerprint density at radius 1 is 1.00 bits per heavy atom. The van der Waals surface area contributed by atoms with E-state index < -0.39 is 27.9 Å². The van der Waals surface area contributed by atoms with Gasteiger partial charge in [0.05, 0.1) is 22.7 Å². The van der Waals surface area contributed by atoms with Gasteiger partial charge in [-0.25, -0.2) is 8.42 Å². The van der Waals surface area contributed by atoms with Gasteiger partial charge in [-0.3, -0.25) is 18.7 Å². The molecule has 0 fully saturated rings. The fourth-order valence-electron chi connectivity index (χ4n) is 4.47. The van der Waals surface area contributed by atoms with Crippen molar-refractivity contribution in [3.05, 3.63) is 82.4 Å². The van der Waals surface area contributed by atoms with Crippen LogP contribution in [0.4, 0.5) is 17.1 Å². The van der Waals surface area contributed by atoms with Crippen molar-refractivity contribution in [3.8, 4) is 0 Å². The van der Waals surface area contributed by atoms with E-state index in [0.717, 1.165) is 9.87 Å². The Kier molecular flexibility index (Phi) is 8.80. The summed E-state index contributed by atoms with van der Waals surface area (Å²) in [5, 5.41) is 8.74. The number of carbonyl (C=O) groups is 3. The quantitative estimate of drug-likeness (QED) is 0.341. The molecule has 3 aromatic rings. The van der Waals surface area contributed by atoms with E-state index in [-0.39, 0.29) is 29.5 Å². The highest BCUT2D eigenvalue weighted by Crippen LogP contribution is 2.38. The molecule has 0 saturated heterocycles. The number of nitrogens with zero attached hydrogens (tertiary/aromatic N) is 1. The van der Waals surface area contributed by atoms with E-state index >= 15 is 0 Å². The summed E-state index contributed by atoms with van der Waals surface area (Å²) >= 11 is 6.21. The second kappa shape index (κ2) is 12.1. The molecule has 3 N–H and O–H groups in total. The van der Waals surface area contributed by atoms with Gasteiger partial charge in [-0.1, -0.05) is 42.8 Å². The highest BCUT2D eigenvalue weighted by molar-refractivity contribution is 7.93. The van der Waals surface area contributed by atoms with Gasteiger partial charge in [0.25, 0.3) is 10.0 Å². The number of anilines is 3. The van der Waals surface area contributed by atoms with Crippen LogP contribution in [0.1, 0.15) is 36.5 Å². The molecule has 1 aliphatic rings. The number of nitrogens with one attached hydrogen (secondary N) is 3. The fraction of sp³-hybridized carbons (Fsp3) is 0.276. The van der Waals surface area contributed by atoms with Crippen molar-refractivity contribution < 1.29 is 22.8 Å². The van der Waals surface area contributed by atoms with Gasteiger partial charge < -0.3 is 16.0 Å². The largest absolute Gasteiger partial charge is 0.356 e. The van der Waals surface area contributed by atoms with Gasteiger partial charge >= 0.3 is 0 Å².